The van der Waals surface area contributed by atoms with Gasteiger partial charge in [0.25, 0.3) is 0 Å². The minimum Gasteiger partial charge on any atom is -0.465 e. The number of methoxy groups -OCH3 is 1. The number of aliphatic hydroxyl groups excluding tert-OH is 1. The van der Waals surface area contributed by atoms with Gasteiger partial charge < -0.3 is 14.7 Å². The third kappa shape index (κ3) is 3.70. The number of nitrogens with zero attached hydrogens (tertiary/aromatic N) is 1. The summed E-state index contributed by atoms with van der Waals surface area (Å²) in [4.78, 5) is 27.5. The zero-order chi connectivity index (χ0) is 17.8. The first kappa shape index (κ1) is 17.5. The molecule has 1 fully saturated rings. The highest BCUT2D eigenvalue weighted by Crippen LogP contribution is 2.35. The van der Waals surface area contributed by atoms with E-state index in [0.29, 0.717) is 24.2 Å². The van der Waals surface area contributed by atoms with Crippen molar-refractivity contribution < 1.29 is 19.4 Å². The highest BCUT2D eigenvalue weighted by molar-refractivity contribution is 7.99. The molecule has 6 heteroatoms. The third-order valence-corrected chi connectivity index (χ3v) is 5.31. The van der Waals surface area contributed by atoms with Crippen molar-refractivity contribution in [2.45, 2.75) is 29.2 Å². The maximum Gasteiger partial charge on any atom is 0.339 e. The average Bonchev–Trinajstić information content (AvgIpc) is 3.08. The van der Waals surface area contributed by atoms with Crippen LogP contribution in [0.2, 0.25) is 0 Å². The lowest BCUT2D eigenvalue weighted by molar-refractivity contribution is -0.117. The predicted octanol–water partition coefficient (Wildman–Crippen LogP) is 3.24. The number of benzene rings is 2. The molecule has 1 aliphatic rings. The molecular weight excluding hydrogens is 338 g/mol. The first-order valence-corrected chi connectivity index (χ1v) is 8.85. The molecule has 2 aromatic carbocycles. The van der Waals surface area contributed by atoms with Gasteiger partial charge in [-0.25, -0.2) is 4.79 Å². The molecule has 0 spiro atoms. The molecule has 5 nitrogen and oxygen atoms in total. The van der Waals surface area contributed by atoms with Gasteiger partial charge in [0.1, 0.15) is 0 Å². The molecule has 2 aromatic rings. The van der Waals surface area contributed by atoms with E-state index in [0.717, 1.165) is 21.8 Å². The topological polar surface area (TPSA) is 66.8 Å². The molecule has 0 unspecified atom stereocenters. The molecule has 25 heavy (non-hydrogen) atoms. The van der Waals surface area contributed by atoms with Crippen LogP contribution in [0.15, 0.2) is 52.3 Å². The van der Waals surface area contributed by atoms with E-state index in [4.69, 9.17) is 4.74 Å². The van der Waals surface area contributed by atoms with Crippen molar-refractivity contribution in [3.05, 3.63) is 53.6 Å². The molecule has 0 saturated carbocycles. The number of carbonyl (C=O) groups is 2. The van der Waals surface area contributed by atoms with Gasteiger partial charge in [-0.1, -0.05) is 30.0 Å². The van der Waals surface area contributed by atoms with Gasteiger partial charge in [-0.2, -0.15) is 0 Å². The average molecular weight is 357 g/mol. The summed E-state index contributed by atoms with van der Waals surface area (Å²) in [5, 5.41) is 9.49. The quantitative estimate of drug-likeness (QED) is 0.832. The van der Waals surface area contributed by atoms with Crippen molar-refractivity contribution in [3.8, 4) is 0 Å². The number of esters is 1. The lowest BCUT2D eigenvalue weighted by Crippen LogP contribution is -2.24. The molecule has 1 amide bonds. The Morgan fingerprint density at radius 1 is 1.24 bits per heavy atom. The summed E-state index contributed by atoms with van der Waals surface area (Å²) in [5.41, 5.74) is 1.92. The van der Waals surface area contributed by atoms with E-state index in [9.17, 15) is 14.7 Å². The smallest absolute Gasteiger partial charge is 0.339 e. The van der Waals surface area contributed by atoms with E-state index in [-0.39, 0.29) is 12.5 Å². The van der Waals surface area contributed by atoms with Crippen LogP contribution in [-0.2, 0) is 16.1 Å². The molecule has 1 N–H and O–H groups in total. The Labute approximate surface area is 150 Å². The fourth-order valence-corrected chi connectivity index (χ4v) is 3.85. The van der Waals surface area contributed by atoms with E-state index in [2.05, 4.69) is 0 Å². The molecule has 0 bridgehead atoms. The minimum atomic E-state index is -0.447. The molecule has 0 radical (unpaired) electrons. The van der Waals surface area contributed by atoms with Gasteiger partial charge in [0.2, 0.25) is 5.91 Å². The molecule has 3 rings (SSSR count). The van der Waals surface area contributed by atoms with Gasteiger partial charge in [0.05, 0.1) is 19.3 Å². The van der Waals surface area contributed by atoms with E-state index < -0.39 is 5.97 Å². The van der Waals surface area contributed by atoms with Crippen LogP contribution in [0.4, 0.5) is 5.69 Å². The Hall–Kier alpha value is -2.31. The zero-order valence-corrected chi connectivity index (χ0v) is 14.7. The number of anilines is 1. The molecule has 1 aliphatic heterocycles. The van der Waals surface area contributed by atoms with Crippen LogP contribution >= 0.6 is 11.8 Å². The Morgan fingerprint density at radius 2 is 2.04 bits per heavy atom. The normalized spacial score (nSPS) is 14.0. The number of amides is 1. The van der Waals surface area contributed by atoms with Crippen molar-refractivity contribution in [1.29, 1.82) is 0 Å². The Kier molecular flexibility index (Phi) is 5.40. The van der Waals surface area contributed by atoms with Crippen LogP contribution in [0, 0.1) is 0 Å². The maximum atomic E-state index is 12.2. The van der Waals surface area contributed by atoms with Crippen LogP contribution in [0.25, 0.3) is 0 Å². The first-order chi connectivity index (χ1) is 12.1. The van der Waals surface area contributed by atoms with Gasteiger partial charge in [-0.05, 0) is 36.2 Å². The van der Waals surface area contributed by atoms with Crippen molar-refractivity contribution in [2.75, 3.05) is 18.6 Å². The summed E-state index contributed by atoms with van der Waals surface area (Å²) in [5.74, 6) is -0.376. The van der Waals surface area contributed by atoms with Gasteiger partial charge in [0, 0.05) is 28.4 Å². The summed E-state index contributed by atoms with van der Waals surface area (Å²) >= 11 is 1.40. The fourth-order valence-electron chi connectivity index (χ4n) is 2.82. The summed E-state index contributed by atoms with van der Waals surface area (Å²) in [7, 11) is 1.34. The lowest BCUT2D eigenvalue weighted by Gasteiger charge is -2.18. The van der Waals surface area contributed by atoms with E-state index in [1.165, 1.54) is 18.9 Å². The number of carbonyl (C=O) groups excluding carboxylic acids is 2. The number of rotatable bonds is 5. The van der Waals surface area contributed by atoms with Crippen molar-refractivity contribution >= 4 is 29.3 Å². The summed E-state index contributed by atoms with van der Waals surface area (Å²) < 4.78 is 4.91. The van der Waals surface area contributed by atoms with Gasteiger partial charge >= 0.3 is 5.97 Å². The SMILES string of the molecule is COC(=O)c1cc(N2CCCC2=O)ccc1Sc1ccccc1CO. The predicted molar refractivity (Wildman–Crippen MR) is 95.9 cm³/mol. The number of aliphatic hydroxyl groups is 1. The fraction of sp³-hybridized carbons (Fsp3) is 0.263. The monoisotopic (exact) mass is 357 g/mol. The van der Waals surface area contributed by atoms with Crippen LogP contribution in [0.1, 0.15) is 28.8 Å². The second-order valence-corrected chi connectivity index (χ2v) is 6.77. The standard InChI is InChI=1S/C19H19NO4S/c1-24-19(23)15-11-14(20-10-4-7-18(20)22)8-9-17(15)25-16-6-3-2-5-13(16)12-21/h2-3,5-6,8-9,11,21H,4,7,10,12H2,1H3. The minimum absolute atomic E-state index is 0.0712. The van der Waals surface area contributed by atoms with E-state index >= 15 is 0 Å². The highest BCUT2D eigenvalue weighted by atomic mass is 32.2. The molecular formula is C19H19NO4S. The maximum absolute atomic E-state index is 12.2. The van der Waals surface area contributed by atoms with Crippen molar-refractivity contribution in [1.82, 2.24) is 0 Å². The van der Waals surface area contributed by atoms with E-state index in [1.807, 2.05) is 36.4 Å². The zero-order valence-electron chi connectivity index (χ0n) is 13.9. The van der Waals surface area contributed by atoms with Crippen molar-refractivity contribution in [2.24, 2.45) is 0 Å². The Balaban J connectivity index is 1.98. The Bertz CT molecular complexity index is 806. The van der Waals surface area contributed by atoms with Crippen LogP contribution in [-0.4, -0.2) is 30.6 Å². The van der Waals surface area contributed by atoms with Crippen LogP contribution in [0.5, 0.6) is 0 Å². The molecule has 0 aromatic heterocycles. The highest BCUT2D eigenvalue weighted by Gasteiger charge is 2.24. The number of hydrogen-bond donors (Lipinski definition) is 1. The van der Waals surface area contributed by atoms with E-state index in [1.54, 1.807) is 11.0 Å². The molecule has 0 atom stereocenters. The van der Waals surface area contributed by atoms with Gasteiger partial charge in [-0.15, -0.1) is 0 Å². The lowest BCUT2D eigenvalue weighted by atomic mass is 10.2. The molecule has 130 valence electrons. The number of hydrogen-bond acceptors (Lipinski definition) is 5. The van der Waals surface area contributed by atoms with Gasteiger partial charge in [0.15, 0.2) is 0 Å². The summed E-state index contributed by atoms with van der Waals surface area (Å²) in [6, 6.07) is 12.9. The number of ether oxygens (including phenoxy) is 1. The van der Waals surface area contributed by atoms with Crippen molar-refractivity contribution in [3.63, 3.8) is 0 Å². The van der Waals surface area contributed by atoms with Crippen LogP contribution in [0.3, 0.4) is 0 Å². The second kappa shape index (κ2) is 7.72. The first-order valence-electron chi connectivity index (χ1n) is 8.03. The molecule has 1 heterocycles. The molecule has 0 aliphatic carbocycles. The molecule has 1 saturated heterocycles. The third-order valence-electron chi connectivity index (χ3n) is 4.12. The van der Waals surface area contributed by atoms with Crippen LogP contribution < -0.4 is 4.90 Å². The summed E-state index contributed by atoms with van der Waals surface area (Å²) in [6.07, 6.45) is 1.36. The summed E-state index contributed by atoms with van der Waals surface area (Å²) in [6.45, 7) is 0.594. The second-order valence-electron chi connectivity index (χ2n) is 5.69. The van der Waals surface area contributed by atoms with Gasteiger partial charge in [-0.3, -0.25) is 4.79 Å². The largest absolute Gasteiger partial charge is 0.465 e. The Morgan fingerprint density at radius 3 is 2.72 bits per heavy atom.